The molecule has 0 aliphatic rings. The van der Waals surface area contributed by atoms with Gasteiger partial charge in [0.15, 0.2) is 5.65 Å². The van der Waals surface area contributed by atoms with Gasteiger partial charge in [0.1, 0.15) is 11.3 Å². The van der Waals surface area contributed by atoms with Crippen LogP contribution < -0.4 is 0 Å². The molecule has 1 aromatic carbocycles. The maximum absolute atomic E-state index is 11.6. The van der Waals surface area contributed by atoms with E-state index in [1.54, 1.807) is 6.07 Å². The van der Waals surface area contributed by atoms with Crippen molar-refractivity contribution in [3.05, 3.63) is 59.5 Å². The van der Waals surface area contributed by atoms with Crippen molar-refractivity contribution >= 4 is 29.3 Å². The van der Waals surface area contributed by atoms with E-state index in [9.17, 15) is 4.79 Å². The molecule has 23 heavy (non-hydrogen) atoms. The first-order valence-electron chi connectivity index (χ1n) is 7.40. The van der Waals surface area contributed by atoms with Gasteiger partial charge in [-0.3, -0.25) is 0 Å². The summed E-state index contributed by atoms with van der Waals surface area (Å²) in [5.74, 6) is 0.396. The summed E-state index contributed by atoms with van der Waals surface area (Å²) >= 11 is 0. The molecule has 5 nitrogen and oxygen atoms in total. The van der Waals surface area contributed by atoms with Gasteiger partial charge in [-0.05, 0) is 24.6 Å². The molecule has 2 heterocycles. The van der Waals surface area contributed by atoms with Crippen molar-refractivity contribution in [2.75, 3.05) is 7.11 Å². The summed E-state index contributed by atoms with van der Waals surface area (Å²) in [6.07, 6.45) is 5.49. The van der Waals surface area contributed by atoms with Crippen LogP contribution in [0.4, 0.5) is 0 Å². The number of ether oxygens (including phenoxy) is 1. The molecule has 0 N–H and O–H groups in total. The molecule has 0 aliphatic carbocycles. The number of fused-ring (bicyclic) bond motifs is 1. The minimum atomic E-state index is -0.410. The molecule has 0 bridgehead atoms. The molecule has 2 aromatic heterocycles. The van der Waals surface area contributed by atoms with E-state index in [0.29, 0.717) is 11.1 Å². The fourth-order valence-electron chi connectivity index (χ4n) is 2.43. The number of methoxy groups -OCH3 is 1. The van der Waals surface area contributed by atoms with Gasteiger partial charge in [0, 0.05) is 12.7 Å². The number of esters is 1. The molecular weight excluding hydrogens is 290 g/mol. The van der Waals surface area contributed by atoms with E-state index in [1.807, 2.05) is 54.0 Å². The lowest BCUT2D eigenvalue weighted by Gasteiger charge is -2.02. The van der Waals surface area contributed by atoms with Crippen molar-refractivity contribution in [1.82, 2.24) is 14.5 Å². The minimum absolute atomic E-state index is 0.402. The number of rotatable bonds is 4. The van der Waals surface area contributed by atoms with E-state index < -0.39 is 5.97 Å². The normalized spacial score (nSPS) is 11.2. The van der Waals surface area contributed by atoms with Crippen molar-refractivity contribution in [3.63, 3.8) is 0 Å². The maximum Gasteiger partial charge on any atom is 0.339 e. The van der Waals surface area contributed by atoms with Gasteiger partial charge in [-0.2, -0.15) is 0 Å². The Kier molecular flexibility index (Phi) is 4.19. The summed E-state index contributed by atoms with van der Waals surface area (Å²) in [6, 6.07) is 11.7. The highest BCUT2D eigenvalue weighted by Crippen LogP contribution is 2.18. The first-order chi connectivity index (χ1) is 11.2. The third-order valence-corrected chi connectivity index (χ3v) is 3.58. The smallest absolute Gasteiger partial charge is 0.339 e. The molecule has 5 heteroatoms. The lowest BCUT2D eigenvalue weighted by atomic mass is 10.2. The number of nitrogens with zero attached hydrogens (tertiary/aromatic N) is 3. The van der Waals surface area contributed by atoms with Crippen molar-refractivity contribution in [1.29, 1.82) is 0 Å². The van der Waals surface area contributed by atoms with Crippen LogP contribution in [0.25, 0.3) is 23.3 Å². The lowest BCUT2D eigenvalue weighted by molar-refractivity contribution is 0.0600. The predicted molar refractivity (Wildman–Crippen MR) is 89.9 cm³/mol. The number of benzene rings is 1. The Morgan fingerprint density at radius 2 is 2.04 bits per heavy atom. The Hall–Kier alpha value is -2.95. The summed E-state index contributed by atoms with van der Waals surface area (Å²) in [7, 11) is 1.35. The maximum atomic E-state index is 11.6. The van der Waals surface area contributed by atoms with Crippen LogP contribution in [0.15, 0.2) is 42.6 Å². The monoisotopic (exact) mass is 307 g/mol. The van der Waals surface area contributed by atoms with E-state index in [0.717, 1.165) is 23.6 Å². The number of carbonyl (C=O) groups excluding carboxylic acids is 1. The van der Waals surface area contributed by atoms with Gasteiger partial charge < -0.3 is 9.30 Å². The highest BCUT2D eigenvalue weighted by molar-refractivity contribution is 5.92. The zero-order valence-corrected chi connectivity index (χ0v) is 13.1. The number of pyridine rings is 1. The van der Waals surface area contributed by atoms with E-state index in [-0.39, 0.29) is 0 Å². The van der Waals surface area contributed by atoms with Crippen LogP contribution in [-0.4, -0.2) is 27.6 Å². The minimum Gasteiger partial charge on any atom is -0.465 e. The third kappa shape index (κ3) is 2.99. The number of aryl methyl sites for hydroxylation is 1. The molecular formula is C18H17N3O2. The summed E-state index contributed by atoms with van der Waals surface area (Å²) in [5.41, 5.74) is 2.94. The van der Waals surface area contributed by atoms with Crippen LogP contribution in [-0.2, 0) is 11.3 Å². The van der Waals surface area contributed by atoms with Crippen molar-refractivity contribution in [2.45, 2.75) is 13.5 Å². The van der Waals surface area contributed by atoms with Crippen molar-refractivity contribution < 1.29 is 9.53 Å². The molecule has 0 unspecified atom stereocenters. The Bertz CT molecular complexity index is 867. The Balaban J connectivity index is 2.03. The molecule has 3 aromatic rings. The highest BCUT2D eigenvalue weighted by atomic mass is 16.5. The Labute approximate surface area is 134 Å². The SMILES string of the molecule is CCn1c(/C=C/c2ccccc2)nc2cc(C(=O)OC)cnc21. The van der Waals surface area contributed by atoms with Crippen LogP contribution in [0.3, 0.4) is 0 Å². The zero-order valence-electron chi connectivity index (χ0n) is 13.1. The average molecular weight is 307 g/mol. The van der Waals surface area contributed by atoms with Crippen LogP contribution in [0.5, 0.6) is 0 Å². The molecule has 3 rings (SSSR count). The van der Waals surface area contributed by atoms with Crippen LogP contribution in [0, 0.1) is 0 Å². The van der Waals surface area contributed by atoms with Gasteiger partial charge >= 0.3 is 5.97 Å². The fraction of sp³-hybridized carbons (Fsp3) is 0.167. The first-order valence-corrected chi connectivity index (χ1v) is 7.40. The molecule has 0 amide bonds. The van der Waals surface area contributed by atoms with E-state index in [4.69, 9.17) is 4.74 Å². The molecule has 0 aliphatic heterocycles. The van der Waals surface area contributed by atoms with Gasteiger partial charge in [0.25, 0.3) is 0 Å². The topological polar surface area (TPSA) is 57.0 Å². The quantitative estimate of drug-likeness (QED) is 0.693. The summed E-state index contributed by atoms with van der Waals surface area (Å²) in [6.45, 7) is 2.78. The Morgan fingerprint density at radius 1 is 1.26 bits per heavy atom. The van der Waals surface area contributed by atoms with Crippen LogP contribution >= 0.6 is 0 Å². The molecule has 116 valence electrons. The number of hydrogen-bond donors (Lipinski definition) is 0. The van der Waals surface area contributed by atoms with E-state index in [1.165, 1.54) is 13.3 Å². The summed E-state index contributed by atoms with van der Waals surface area (Å²) in [4.78, 5) is 20.6. The summed E-state index contributed by atoms with van der Waals surface area (Å²) < 4.78 is 6.74. The molecule has 0 fully saturated rings. The average Bonchev–Trinajstić information content (AvgIpc) is 2.96. The second kappa shape index (κ2) is 6.44. The highest BCUT2D eigenvalue weighted by Gasteiger charge is 2.12. The third-order valence-electron chi connectivity index (χ3n) is 3.58. The predicted octanol–water partition coefficient (Wildman–Crippen LogP) is 3.41. The molecule has 0 saturated carbocycles. The number of aromatic nitrogens is 3. The Morgan fingerprint density at radius 3 is 2.74 bits per heavy atom. The van der Waals surface area contributed by atoms with Gasteiger partial charge in [-0.25, -0.2) is 14.8 Å². The number of hydrogen-bond acceptors (Lipinski definition) is 4. The van der Waals surface area contributed by atoms with Gasteiger partial charge in [0.2, 0.25) is 0 Å². The first kappa shape index (κ1) is 15.0. The van der Waals surface area contributed by atoms with Gasteiger partial charge in [-0.1, -0.05) is 36.4 Å². The second-order valence-corrected chi connectivity index (χ2v) is 5.02. The number of imidazole rings is 1. The summed E-state index contributed by atoms with van der Waals surface area (Å²) in [5, 5.41) is 0. The van der Waals surface area contributed by atoms with Crippen LogP contribution in [0.2, 0.25) is 0 Å². The van der Waals surface area contributed by atoms with Gasteiger partial charge in [0.05, 0.1) is 12.7 Å². The van der Waals surface area contributed by atoms with Gasteiger partial charge in [-0.15, -0.1) is 0 Å². The molecule has 0 radical (unpaired) electrons. The molecule has 0 spiro atoms. The second-order valence-electron chi connectivity index (χ2n) is 5.02. The van der Waals surface area contributed by atoms with E-state index >= 15 is 0 Å². The standard InChI is InChI=1S/C18H17N3O2/c1-3-21-16(10-9-13-7-5-4-6-8-13)20-15-11-14(18(22)23-2)12-19-17(15)21/h4-12H,3H2,1-2H3/b10-9+. The lowest BCUT2D eigenvalue weighted by Crippen LogP contribution is -2.02. The van der Waals surface area contributed by atoms with E-state index in [2.05, 4.69) is 9.97 Å². The zero-order chi connectivity index (χ0) is 16.2. The van der Waals surface area contributed by atoms with Crippen molar-refractivity contribution in [3.8, 4) is 0 Å². The molecule has 0 saturated heterocycles. The van der Waals surface area contributed by atoms with Crippen molar-refractivity contribution in [2.24, 2.45) is 0 Å². The largest absolute Gasteiger partial charge is 0.465 e. The van der Waals surface area contributed by atoms with Crippen LogP contribution in [0.1, 0.15) is 28.7 Å². The number of carbonyl (C=O) groups is 1. The fourth-order valence-corrected chi connectivity index (χ4v) is 2.43. The molecule has 0 atom stereocenters.